The lowest BCUT2D eigenvalue weighted by Crippen LogP contribution is -2.61. The number of nitrogens with one attached hydrogen (secondary N) is 2. The van der Waals surface area contributed by atoms with Crippen LogP contribution in [0.15, 0.2) is 67.3 Å². The zero-order chi connectivity index (χ0) is 31.6. The maximum Gasteiger partial charge on any atom is 0.408 e. The minimum absolute atomic E-state index is 0.0433. The van der Waals surface area contributed by atoms with Crippen LogP contribution in [0.25, 0.3) is 0 Å². The fourth-order valence-corrected chi connectivity index (χ4v) is 4.75. The van der Waals surface area contributed by atoms with Gasteiger partial charge in [-0.25, -0.2) is 14.4 Å². The molecule has 0 bridgehead atoms. The Morgan fingerprint density at radius 1 is 1.00 bits per heavy atom. The summed E-state index contributed by atoms with van der Waals surface area (Å²) in [5, 5.41) is 5.28. The molecule has 2 N–H and O–H groups in total. The van der Waals surface area contributed by atoms with Crippen molar-refractivity contribution in [3.63, 3.8) is 0 Å². The first-order chi connectivity index (χ1) is 20.4. The van der Waals surface area contributed by atoms with E-state index in [1.807, 2.05) is 30.3 Å². The number of benzene rings is 2. The van der Waals surface area contributed by atoms with E-state index >= 15 is 0 Å². The zero-order valence-electron chi connectivity index (χ0n) is 25.4. The fourth-order valence-electron chi connectivity index (χ4n) is 4.75. The lowest BCUT2D eigenvalue weighted by Gasteiger charge is -2.33. The predicted octanol–water partition coefficient (Wildman–Crippen LogP) is 4.35. The van der Waals surface area contributed by atoms with Crippen LogP contribution in [0.1, 0.15) is 45.2 Å². The number of carbonyl (C=O) groups excluding carboxylic acids is 4. The van der Waals surface area contributed by atoms with Crippen molar-refractivity contribution in [2.24, 2.45) is 5.92 Å². The van der Waals surface area contributed by atoms with E-state index in [1.54, 1.807) is 58.2 Å². The SMILES string of the molecule is C=CC[C@H]1CN(C(=O)[C@H](C)NC(=O)OCc2ccccc2)C[C@@]1(NC(=O)OC(C)(C)C)C(=O)OCc1ccc(OC)cc1. The number of carbonyl (C=O) groups is 4. The van der Waals surface area contributed by atoms with E-state index in [2.05, 4.69) is 17.2 Å². The van der Waals surface area contributed by atoms with Gasteiger partial charge in [0.15, 0.2) is 5.54 Å². The Bertz CT molecular complexity index is 1280. The molecule has 0 spiro atoms. The van der Waals surface area contributed by atoms with Crippen LogP contribution in [0.3, 0.4) is 0 Å². The smallest absolute Gasteiger partial charge is 0.408 e. The Labute approximate surface area is 252 Å². The minimum Gasteiger partial charge on any atom is -0.497 e. The van der Waals surface area contributed by atoms with Gasteiger partial charge in [0.25, 0.3) is 0 Å². The van der Waals surface area contributed by atoms with Gasteiger partial charge in [-0.1, -0.05) is 48.5 Å². The van der Waals surface area contributed by atoms with Crippen molar-refractivity contribution in [2.45, 2.75) is 64.5 Å². The second kappa shape index (κ2) is 14.6. The van der Waals surface area contributed by atoms with Gasteiger partial charge in [0.1, 0.15) is 30.6 Å². The fraction of sp³-hybridized carbons (Fsp3) is 0.438. The quantitative estimate of drug-likeness (QED) is 0.223. The number of hydrogen-bond donors (Lipinski definition) is 2. The van der Waals surface area contributed by atoms with Crippen molar-refractivity contribution in [1.82, 2.24) is 15.5 Å². The Kier molecular flexibility index (Phi) is 11.2. The third-order valence-electron chi connectivity index (χ3n) is 6.88. The van der Waals surface area contributed by atoms with Crippen LogP contribution in [-0.2, 0) is 37.0 Å². The summed E-state index contributed by atoms with van der Waals surface area (Å²) in [5.74, 6) is -1.11. The van der Waals surface area contributed by atoms with Crippen LogP contribution < -0.4 is 15.4 Å². The molecule has 0 radical (unpaired) electrons. The average Bonchev–Trinajstić information content (AvgIpc) is 3.32. The van der Waals surface area contributed by atoms with Gasteiger partial charge < -0.3 is 34.5 Å². The van der Waals surface area contributed by atoms with Gasteiger partial charge >= 0.3 is 18.2 Å². The molecule has 0 unspecified atom stereocenters. The van der Waals surface area contributed by atoms with Crippen molar-refractivity contribution in [1.29, 1.82) is 0 Å². The molecule has 1 heterocycles. The monoisotopic (exact) mass is 595 g/mol. The first-order valence-electron chi connectivity index (χ1n) is 14.0. The zero-order valence-corrected chi connectivity index (χ0v) is 25.4. The molecule has 1 saturated heterocycles. The van der Waals surface area contributed by atoms with Gasteiger partial charge in [0, 0.05) is 12.5 Å². The second-order valence-corrected chi connectivity index (χ2v) is 11.4. The number of esters is 1. The summed E-state index contributed by atoms with van der Waals surface area (Å²) in [7, 11) is 1.55. The molecule has 3 atom stereocenters. The Morgan fingerprint density at radius 2 is 1.63 bits per heavy atom. The molecular formula is C32H41N3O8. The molecule has 2 aromatic carbocycles. The molecule has 232 valence electrons. The molecule has 11 heteroatoms. The molecule has 11 nitrogen and oxygen atoms in total. The van der Waals surface area contributed by atoms with Crippen molar-refractivity contribution in [3.8, 4) is 5.75 Å². The third-order valence-corrected chi connectivity index (χ3v) is 6.88. The summed E-state index contributed by atoms with van der Waals surface area (Å²) in [6, 6.07) is 15.2. The van der Waals surface area contributed by atoms with Gasteiger partial charge in [0.05, 0.1) is 13.7 Å². The van der Waals surface area contributed by atoms with Crippen molar-refractivity contribution < 1.29 is 38.1 Å². The first kappa shape index (κ1) is 33.0. The average molecular weight is 596 g/mol. The standard InChI is InChI=1S/C32H41N3O8/c1-7-11-25-18-35(27(36)22(2)33-29(38)42-20-23-12-9-8-10-13-23)21-32(25,34-30(39)43-31(3,4)5)28(37)41-19-24-14-16-26(40-6)17-15-24/h7-10,12-17,22,25H,1,11,18-21H2,2-6H3,(H,33,38)(H,34,39)/t22-,25-,32-/m0/s1. The maximum atomic E-state index is 13.8. The number of ether oxygens (including phenoxy) is 4. The predicted molar refractivity (Wildman–Crippen MR) is 159 cm³/mol. The second-order valence-electron chi connectivity index (χ2n) is 11.4. The van der Waals surface area contributed by atoms with Gasteiger partial charge in [-0.2, -0.15) is 0 Å². The van der Waals surface area contributed by atoms with E-state index in [0.29, 0.717) is 11.3 Å². The largest absolute Gasteiger partial charge is 0.497 e. The molecule has 3 amide bonds. The highest BCUT2D eigenvalue weighted by Crippen LogP contribution is 2.33. The molecule has 0 aliphatic carbocycles. The number of rotatable bonds is 11. The molecule has 0 aromatic heterocycles. The summed E-state index contributed by atoms with van der Waals surface area (Å²) >= 11 is 0. The summed E-state index contributed by atoms with van der Waals surface area (Å²) in [4.78, 5) is 54.1. The number of amides is 3. The molecule has 1 aliphatic rings. The van der Waals surface area contributed by atoms with Gasteiger partial charge in [-0.3, -0.25) is 4.79 Å². The van der Waals surface area contributed by atoms with Crippen LogP contribution in [-0.4, -0.2) is 66.3 Å². The van der Waals surface area contributed by atoms with E-state index < -0.39 is 47.2 Å². The number of hydrogen-bond acceptors (Lipinski definition) is 8. The summed E-state index contributed by atoms with van der Waals surface area (Å²) in [6.45, 7) is 10.3. The summed E-state index contributed by atoms with van der Waals surface area (Å²) < 4.78 is 21.6. The van der Waals surface area contributed by atoms with E-state index in [4.69, 9.17) is 18.9 Å². The Morgan fingerprint density at radius 3 is 2.23 bits per heavy atom. The van der Waals surface area contributed by atoms with E-state index in [9.17, 15) is 19.2 Å². The molecule has 2 aromatic rings. The lowest BCUT2D eigenvalue weighted by atomic mass is 9.84. The summed E-state index contributed by atoms with van der Waals surface area (Å²) in [5.41, 5.74) is -0.959. The van der Waals surface area contributed by atoms with Crippen molar-refractivity contribution in [2.75, 3.05) is 20.2 Å². The van der Waals surface area contributed by atoms with E-state index in [0.717, 1.165) is 5.56 Å². The van der Waals surface area contributed by atoms with Crippen molar-refractivity contribution >= 4 is 24.1 Å². The van der Waals surface area contributed by atoms with Crippen LogP contribution in [0, 0.1) is 5.92 Å². The molecule has 0 saturated carbocycles. The number of likely N-dealkylation sites (tertiary alicyclic amines) is 1. The van der Waals surface area contributed by atoms with Crippen LogP contribution >= 0.6 is 0 Å². The highest BCUT2D eigenvalue weighted by atomic mass is 16.6. The molecule has 3 rings (SSSR count). The van der Waals surface area contributed by atoms with Crippen LogP contribution in [0.2, 0.25) is 0 Å². The third kappa shape index (κ3) is 9.22. The molecule has 1 fully saturated rings. The van der Waals surface area contributed by atoms with E-state index in [-0.39, 0.29) is 32.7 Å². The molecule has 1 aliphatic heterocycles. The van der Waals surface area contributed by atoms with Crippen molar-refractivity contribution in [3.05, 3.63) is 78.4 Å². The highest BCUT2D eigenvalue weighted by molar-refractivity contribution is 5.91. The van der Waals surface area contributed by atoms with Gasteiger partial charge in [-0.15, -0.1) is 6.58 Å². The maximum absolute atomic E-state index is 13.8. The normalized spacial score (nSPS) is 18.6. The number of allylic oxidation sites excluding steroid dienone is 1. The first-order valence-corrected chi connectivity index (χ1v) is 14.0. The lowest BCUT2D eigenvalue weighted by molar-refractivity contribution is -0.154. The number of alkyl carbamates (subject to hydrolysis) is 2. The molecular weight excluding hydrogens is 554 g/mol. The Balaban J connectivity index is 1.77. The summed E-state index contributed by atoms with van der Waals surface area (Å²) in [6.07, 6.45) is 0.318. The number of methoxy groups -OCH3 is 1. The van der Waals surface area contributed by atoms with Crippen LogP contribution in [0.5, 0.6) is 5.75 Å². The van der Waals surface area contributed by atoms with Gasteiger partial charge in [0.2, 0.25) is 5.91 Å². The minimum atomic E-state index is -1.63. The van der Waals surface area contributed by atoms with Crippen LogP contribution in [0.4, 0.5) is 9.59 Å². The van der Waals surface area contributed by atoms with E-state index in [1.165, 1.54) is 11.8 Å². The van der Waals surface area contributed by atoms with Gasteiger partial charge in [-0.05, 0) is 57.4 Å². The Hall–Kier alpha value is -4.54. The highest BCUT2D eigenvalue weighted by Gasteiger charge is 2.56. The molecule has 43 heavy (non-hydrogen) atoms. The topological polar surface area (TPSA) is 133 Å². The number of nitrogens with zero attached hydrogens (tertiary/aromatic N) is 1.